The molecule has 2 aliphatic rings. The fraction of sp³-hybridized carbons (Fsp3) is 0.419. The average molecular weight is 595 g/mol. The first-order chi connectivity index (χ1) is 20.3. The van der Waals surface area contributed by atoms with Crippen LogP contribution in [0.15, 0.2) is 36.7 Å². The number of rotatable bonds is 9. The van der Waals surface area contributed by atoms with Gasteiger partial charge in [-0.2, -0.15) is 18.3 Å². The first kappa shape index (κ1) is 30.4. The zero-order chi connectivity index (χ0) is 31.1. The largest absolute Gasteiger partial charge is 0.416 e. The van der Waals surface area contributed by atoms with Crippen LogP contribution in [0.4, 0.5) is 24.5 Å². The van der Waals surface area contributed by atoms with Crippen LogP contribution in [0, 0.1) is 32.1 Å². The van der Waals surface area contributed by atoms with Gasteiger partial charge in [-0.1, -0.05) is 6.08 Å². The Bertz CT molecular complexity index is 1590. The second kappa shape index (κ2) is 11.9. The van der Waals surface area contributed by atoms with Gasteiger partial charge in [0.25, 0.3) is 5.91 Å². The normalized spacial score (nSPS) is 15.8. The molecule has 1 aliphatic carbocycles. The number of hydrazine groups is 1. The van der Waals surface area contributed by atoms with Gasteiger partial charge in [-0.05, 0) is 80.9 Å². The average Bonchev–Trinajstić information content (AvgIpc) is 3.71. The molecule has 0 bridgehead atoms. The van der Waals surface area contributed by atoms with E-state index in [9.17, 15) is 18.0 Å². The summed E-state index contributed by atoms with van der Waals surface area (Å²) in [6.45, 7) is 7.62. The molecule has 9 nitrogen and oxygen atoms in total. The number of pyridine rings is 1. The van der Waals surface area contributed by atoms with Crippen LogP contribution >= 0.6 is 0 Å². The van der Waals surface area contributed by atoms with Crippen LogP contribution in [0.5, 0.6) is 0 Å². The van der Waals surface area contributed by atoms with Crippen LogP contribution in [0.3, 0.4) is 0 Å². The molecule has 2 aromatic heterocycles. The maximum atomic E-state index is 14.1. The molecular formula is C31H37F3N8O. The van der Waals surface area contributed by atoms with E-state index in [4.69, 9.17) is 11.3 Å². The second-order valence-corrected chi connectivity index (χ2v) is 11.5. The third kappa shape index (κ3) is 6.80. The highest BCUT2D eigenvalue weighted by Gasteiger charge is 2.35. The SMILES string of the molecule is Cc1ncc(C(=O)Nc2cc(C3=CCN(CC4CC4)CC3)c(C)c(C(F)(F)F)c2)cc1N(N)CC(=N)c1cnn(C)c1C. The van der Waals surface area contributed by atoms with Gasteiger partial charge in [0.2, 0.25) is 0 Å². The molecule has 1 aromatic carbocycles. The Labute approximate surface area is 249 Å². The van der Waals surface area contributed by atoms with E-state index in [-0.39, 0.29) is 29.1 Å². The fourth-order valence-electron chi connectivity index (χ4n) is 5.48. The smallest absolute Gasteiger partial charge is 0.322 e. The number of amides is 1. The minimum Gasteiger partial charge on any atom is -0.322 e. The topological polar surface area (TPSA) is 116 Å². The highest BCUT2D eigenvalue weighted by atomic mass is 19.4. The number of hydrogen-bond donors (Lipinski definition) is 3. The molecule has 0 spiro atoms. The third-order valence-electron chi connectivity index (χ3n) is 8.34. The number of carbonyl (C=O) groups is 1. The van der Waals surface area contributed by atoms with E-state index in [2.05, 4.69) is 20.3 Å². The molecule has 0 radical (unpaired) electrons. The lowest BCUT2D eigenvalue weighted by atomic mass is 9.91. The number of anilines is 2. The number of nitrogens with one attached hydrogen (secondary N) is 2. The zero-order valence-electron chi connectivity index (χ0n) is 24.8. The van der Waals surface area contributed by atoms with Gasteiger partial charge in [0, 0.05) is 49.8 Å². The van der Waals surface area contributed by atoms with Crippen molar-refractivity contribution >= 4 is 28.6 Å². The molecule has 1 saturated carbocycles. The number of aromatic nitrogens is 3. The van der Waals surface area contributed by atoms with E-state index in [0.29, 0.717) is 35.5 Å². The van der Waals surface area contributed by atoms with Crippen LogP contribution < -0.4 is 16.2 Å². The van der Waals surface area contributed by atoms with Crippen molar-refractivity contribution in [3.8, 4) is 0 Å². The molecule has 0 unspecified atom stereocenters. The molecule has 5 rings (SSSR count). The lowest BCUT2D eigenvalue weighted by Crippen LogP contribution is -2.37. The zero-order valence-corrected chi connectivity index (χ0v) is 24.8. The minimum absolute atomic E-state index is 0.0313. The Morgan fingerprint density at radius 2 is 1.93 bits per heavy atom. The Balaban J connectivity index is 1.37. The summed E-state index contributed by atoms with van der Waals surface area (Å²) in [7, 11) is 1.78. The summed E-state index contributed by atoms with van der Waals surface area (Å²) < 4.78 is 44.0. The van der Waals surface area contributed by atoms with E-state index in [1.165, 1.54) is 37.0 Å². The molecule has 1 aliphatic heterocycles. The summed E-state index contributed by atoms with van der Waals surface area (Å²) in [5.74, 6) is 6.43. The molecule has 43 heavy (non-hydrogen) atoms. The highest BCUT2D eigenvalue weighted by molar-refractivity contribution is 6.05. The molecule has 0 atom stereocenters. The van der Waals surface area contributed by atoms with Crippen molar-refractivity contribution in [1.82, 2.24) is 19.7 Å². The molecule has 1 fully saturated rings. The molecule has 3 heterocycles. The molecule has 4 N–H and O–H groups in total. The van der Waals surface area contributed by atoms with Gasteiger partial charge >= 0.3 is 6.18 Å². The van der Waals surface area contributed by atoms with E-state index < -0.39 is 17.6 Å². The molecular weight excluding hydrogens is 557 g/mol. The van der Waals surface area contributed by atoms with Gasteiger partial charge < -0.3 is 15.7 Å². The van der Waals surface area contributed by atoms with Gasteiger partial charge in [0.05, 0.1) is 41.0 Å². The molecule has 0 saturated heterocycles. The Morgan fingerprint density at radius 1 is 1.19 bits per heavy atom. The van der Waals surface area contributed by atoms with Crippen LogP contribution in [0.1, 0.15) is 63.3 Å². The fourth-order valence-corrected chi connectivity index (χ4v) is 5.48. The number of carbonyl (C=O) groups excluding carboxylic acids is 1. The van der Waals surface area contributed by atoms with Gasteiger partial charge in [-0.15, -0.1) is 0 Å². The number of aryl methyl sites for hydroxylation is 2. The maximum Gasteiger partial charge on any atom is 0.416 e. The lowest BCUT2D eigenvalue weighted by Gasteiger charge is -2.28. The van der Waals surface area contributed by atoms with Crippen LogP contribution in [0.25, 0.3) is 5.57 Å². The second-order valence-electron chi connectivity index (χ2n) is 11.5. The van der Waals surface area contributed by atoms with E-state index in [1.807, 2.05) is 13.0 Å². The summed E-state index contributed by atoms with van der Waals surface area (Å²) in [5, 5.41) is 16.6. The maximum absolute atomic E-state index is 14.1. The van der Waals surface area contributed by atoms with Crippen molar-refractivity contribution in [3.05, 3.63) is 75.9 Å². The predicted octanol–water partition coefficient (Wildman–Crippen LogP) is 5.26. The lowest BCUT2D eigenvalue weighted by molar-refractivity contribution is -0.138. The van der Waals surface area contributed by atoms with Gasteiger partial charge in [-0.3, -0.25) is 19.4 Å². The molecule has 1 amide bonds. The quantitative estimate of drug-likeness (QED) is 0.177. The predicted molar refractivity (Wildman–Crippen MR) is 161 cm³/mol. The number of benzene rings is 1. The molecule has 228 valence electrons. The van der Waals surface area contributed by atoms with Crippen molar-refractivity contribution < 1.29 is 18.0 Å². The van der Waals surface area contributed by atoms with E-state index >= 15 is 0 Å². The van der Waals surface area contributed by atoms with Crippen molar-refractivity contribution in [3.63, 3.8) is 0 Å². The Hall–Kier alpha value is -4.03. The number of nitrogens with zero attached hydrogens (tertiary/aromatic N) is 5. The van der Waals surface area contributed by atoms with E-state index in [0.717, 1.165) is 36.3 Å². The number of alkyl halides is 3. The Kier molecular flexibility index (Phi) is 8.44. The van der Waals surface area contributed by atoms with Crippen LogP contribution in [-0.4, -0.2) is 57.5 Å². The van der Waals surface area contributed by atoms with E-state index in [1.54, 1.807) is 30.9 Å². The summed E-state index contributed by atoms with van der Waals surface area (Å²) in [4.78, 5) is 19.9. The first-order valence-corrected chi connectivity index (χ1v) is 14.3. The Morgan fingerprint density at radius 3 is 2.53 bits per heavy atom. The first-order valence-electron chi connectivity index (χ1n) is 14.3. The summed E-state index contributed by atoms with van der Waals surface area (Å²) in [5.41, 5.74) is 3.57. The molecule has 12 heteroatoms. The minimum atomic E-state index is -4.58. The van der Waals surface area contributed by atoms with Crippen LogP contribution in [-0.2, 0) is 13.2 Å². The summed E-state index contributed by atoms with van der Waals surface area (Å²) >= 11 is 0. The van der Waals surface area contributed by atoms with Crippen molar-refractivity contribution in [2.45, 2.75) is 46.2 Å². The summed E-state index contributed by atoms with van der Waals surface area (Å²) in [6, 6.07) is 4.13. The number of hydrogen-bond acceptors (Lipinski definition) is 7. The number of halogens is 3. The number of nitrogens with two attached hydrogens (primary N) is 1. The van der Waals surface area contributed by atoms with Gasteiger partial charge in [0.15, 0.2) is 0 Å². The van der Waals surface area contributed by atoms with Gasteiger partial charge in [0.1, 0.15) is 0 Å². The monoisotopic (exact) mass is 594 g/mol. The highest BCUT2D eigenvalue weighted by Crippen LogP contribution is 2.39. The van der Waals surface area contributed by atoms with Crippen LogP contribution in [0.2, 0.25) is 0 Å². The molecule has 3 aromatic rings. The van der Waals surface area contributed by atoms with Crippen molar-refractivity contribution in [1.29, 1.82) is 5.41 Å². The summed E-state index contributed by atoms with van der Waals surface area (Å²) in [6.07, 6.45) is 3.53. The third-order valence-corrected chi connectivity index (χ3v) is 8.34. The van der Waals surface area contributed by atoms with Crippen molar-refractivity contribution in [2.75, 3.05) is 36.5 Å². The van der Waals surface area contributed by atoms with Crippen molar-refractivity contribution in [2.24, 2.45) is 18.8 Å². The van der Waals surface area contributed by atoms with Gasteiger partial charge in [-0.25, -0.2) is 5.84 Å². The standard InChI is InChI=1S/C31H37F3N8O/c1-18-25(22-7-9-41(10-8-22)16-21-5-6-21)12-24(13-27(18)31(32,33)34)39-30(43)23-11-29(19(2)37-14-23)42(36)17-28(35)26-15-38-40(4)20(26)3/h7,11-15,21,35H,5-6,8-10,16-17,36H2,1-4H3,(H,39,43).